The highest BCUT2D eigenvalue weighted by molar-refractivity contribution is 6.34. The quantitative estimate of drug-likeness (QED) is 0.240. The van der Waals surface area contributed by atoms with Crippen molar-refractivity contribution < 1.29 is 19.1 Å². The van der Waals surface area contributed by atoms with Crippen LogP contribution in [0.25, 0.3) is 0 Å². The average molecular weight is 620 g/mol. The molecule has 236 valence electrons. The molecule has 7 nitrogen and oxygen atoms in total. The molecule has 3 aromatic rings. The van der Waals surface area contributed by atoms with Crippen LogP contribution in [-0.4, -0.2) is 40.0 Å². The number of nitrogens with zero attached hydrogens (tertiary/aromatic N) is 1. The summed E-state index contributed by atoms with van der Waals surface area (Å²) in [5, 5.41) is 6.26. The molecular formula is C36H46ClN3O4. The molecule has 0 radical (unpaired) electrons. The number of halogens is 1. The maximum Gasteiger partial charge on any atom is 0.408 e. The molecule has 0 aliphatic heterocycles. The summed E-state index contributed by atoms with van der Waals surface area (Å²) in [6.07, 6.45) is 0.0447. The number of aryl methyl sites for hydroxylation is 3. The predicted octanol–water partition coefficient (Wildman–Crippen LogP) is 8.10. The molecule has 0 heterocycles. The Kier molecular flexibility index (Phi) is 11.3. The third-order valence-electron chi connectivity index (χ3n) is 7.56. The Labute approximate surface area is 267 Å². The minimum Gasteiger partial charge on any atom is -0.444 e. The molecule has 2 N–H and O–H groups in total. The number of para-hydroxylation sites is 1. The maximum atomic E-state index is 14.9. The largest absolute Gasteiger partial charge is 0.444 e. The van der Waals surface area contributed by atoms with Crippen LogP contribution >= 0.6 is 11.6 Å². The Morgan fingerprint density at radius 3 is 2.05 bits per heavy atom. The first-order valence-electron chi connectivity index (χ1n) is 15.0. The minimum absolute atomic E-state index is 0.208. The highest BCUT2D eigenvalue weighted by Crippen LogP contribution is 2.35. The lowest BCUT2D eigenvalue weighted by Gasteiger charge is -2.44. The van der Waals surface area contributed by atoms with E-state index in [0.717, 1.165) is 22.3 Å². The van der Waals surface area contributed by atoms with Gasteiger partial charge in [-0.05, 0) is 84.6 Å². The fourth-order valence-corrected chi connectivity index (χ4v) is 5.45. The van der Waals surface area contributed by atoms with E-state index < -0.39 is 41.1 Å². The molecule has 3 rings (SSSR count). The summed E-state index contributed by atoms with van der Waals surface area (Å²) in [6, 6.07) is 18.7. The summed E-state index contributed by atoms with van der Waals surface area (Å²) in [6.45, 7) is 16.9. The van der Waals surface area contributed by atoms with Crippen LogP contribution in [0.4, 0.5) is 10.5 Å². The van der Waals surface area contributed by atoms with Crippen LogP contribution < -0.4 is 10.6 Å². The van der Waals surface area contributed by atoms with Crippen molar-refractivity contribution in [2.75, 3.05) is 5.32 Å². The van der Waals surface area contributed by atoms with E-state index in [1.54, 1.807) is 31.7 Å². The van der Waals surface area contributed by atoms with Gasteiger partial charge in [0.2, 0.25) is 5.91 Å². The van der Waals surface area contributed by atoms with Gasteiger partial charge in [-0.2, -0.15) is 0 Å². The monoisotopic (exact) mass is 619 g/mol. The number of ether oxygens (including phenoxy) is 1. The van der Waals surface area contributed by atoms with Crippen LogP contribution in [0.2, 0.25) is 5.02 Å². The van der Waals surface area contributed by atoms with Gasteiger partial charge in [0.1, 0.15) is 17.7 Å². The van der Waals surface area contributed by atoms with Crippen LogP contribution in [-0.2, 0) is 20.7 Å². The number of alkyl carbamates (subject to hydrolysis) is 1. The van der Waals surface area contributed by atoms with E-state index in [2.05, 4.69) is 10.6 Å². The Morgan fingerprint density at radius 2 is 1.50 bits per heavy atom. The van der Waals surface area contributed by atoms with Crippen LogP contribution in [0, 0.1) is 20.8 Å². The molecule has 0 bridgehead atoms. The number of benzene rings is 3. The van der Waals surface area contributed by atoms with Gasteiger partial charge in [-0.3, -0.25) is 9.59 Å². The summed E-state index contributed by atoms with van der Waals surface area (Å²) in [5.74, 6) is -0.807. The number of carbonyl (C=O) groups excluding carboxylic acids is 3. The molecule has 2 atom stereocenters. The van der Waals surface area contributed by atoms with Crippen LogP contribution in [0.3, 0.4) is 0 Å². The third kappa shape index (κ3) is 9.08. The van der Waals surface area contributed by atoms with E-state index in [1.807, 2.05) is 102 Å². The Balaban J connectivity index is 2.20. The predicted molar refractivity (Wildman–Crippen MR) is 178 cm³/mol. The van der Waals surface area contributed by atoms with Crippen molar-refractivity contribution in [3.05, 3.63) is 99.6 Å². The first kappa shape index (κ1) is 34.6. The zero-order valence-electron chi connectivity index (χ0n) is 27.4. The number of hydrogen-bond acceptors (Lipinski definition) is 4. The van der Waals surface area contributed by atoms with Gasteiger partial charge in [0.15, 0.2) is 0 Å². The van der Waals surface area contributed by atoms with Crippen molar-refractivity contribution >= 4 is 35.2 Å². The third-order valence-corrected chi connectivity index (χ3v) is 7.88. The van der Waals surface area contributed by atoms with Gasteiger partial charge >= 0.3 is 6.09 Å². The lowest BCUT2D eigenvalue weighted by atomic mass is 9.90. The molecule has 0 saturated heterocycles. The van der Waals surface area contributed by atoms with E-state index >= 15 is 0 Å². The second-order valence-electron chi connectivity index (χ2n) is 13.0. The fraction of sp³-hybridized carbons (Fsp3) is 0.417. The summed E-state index contributed by atoms with van der Waals surface area (Å²) in [5.41, 5.74) is 3.17. The van der Waals surface area contributed by atoms with Gasteiger partial charge in [0.25, 0.3) is 5.91 Å². The van der Waals surface area contributed by atoms with Gasteiger partial charge in [-0.15, -0.1) is 0 Å². The molecule has 3 amide bonds. The summed E-state index contributed by atoms with van der Waals surface area (Å²) < 4.78 is 5.56. The Hall–Kier alpha value is -3.84. The van der Waals surface area contributed by atoms with Gasteiger partial charge in [0.05, 0.1) is 10.7 Å². The smallest absolute Gasteiger partial charge is 0.408 e. The molecular weight excluding hydrogens is 574 g/mol. The maximum absolute atomic E-state index is 14.9. The SMILES string of the molecule is CCC(C)(C)N(C(=O)C(Cc1ccccc1)NC(=O)OC(C)(C)C)C(C(=O)Nc1c(C)cccc1Cl)c1cc(C)cc(C)c1. The van der Waals surface area contributed by atoms with E-state index in [0.29, 0.717) is 22.7 Å². The van der Waals surface area contributed by atoms with Gasteiger partial charge in [0, 0.05) is 12.0 Å². The van der Waals surface area contributed by atoms with E-state index in [-0.39, 0.29) is 6.42 Å². The molecule has 0 aliphatic rings. The van der Waals surface area contributed by atoms with Crippen molar-refractivity contribution in [3.63, 3.8) is 0 Å². The second-order valence-corrected chi connectivity index (χ2v) is 13.4. The zero-order valence-corrected chi connectivity index (χ0v) is 28.1. The molecule has 44 heavy (non-hydrogen) atoms. The van der Waals surface area contributed by atoms with Crippen LogP contribution in [0.5, 0.6) is 0 Å². The minimum atomic E-state index is -1.04. The summed E-state index contributed by atoms with van der Waals surface area (Å²) >= 11 is 6.53. The Morgan fingerprint density at radius 1 is 0.886 bits per heavy atom. The molecule has 3 aromatic carbocycles. The van der Waals surface area contributed by atoms with Gasteiger partial charge < -0.3 is 20.3 Å². The second kappa shape index (κ2) is 14.3. The van der Waals surface area contributed by atoms with Crippen molar-refractivity contribution in [2.45, 2.75) is 98.4 Å². The topological polar surface area (TPSA) is 87.7 Å². The zero-order chi connectivity index (χ0) is 32.8. The van der Waals surface area contributed by atoms with Gasteiger partial charge in [-0.1, -0.05) is 90.3 Å². The normalized spacial score (nSPS) is 13.0. The molecule has 0 fully saturated rings. The molecule has 0 saturated carbocycles. The standard InChI is InChI=1S/C36H46ClN3O4/c1-10-36(8,9)40(33(42)29(22-26-16-12-11-13-17-26)38-34(43)44-35(5,6)7)31(27-20-23(2)19-24(3)21-27)32(41)39-30-25(4)15-14-18-28(30)37/h11-21,29,31H,10,22H2,1-9H3,(H,38,43)(H,39,41). The van der Waals surface area contributed by atoms with Crippen molar-refractivity contribution in [2.24, 2.45) is 0 Å². The number of hydrogen-bond donors (Lipinski definition) is 2. The first-order chi connectivity index (χ1) is 20.5. The first-order valence-corrected chi connectivity index (χ1v) is 15.4. The van der Waals surface area contributed by atoms with Gasteiger partial charge in [-0.25, -0.2) is 4.79 Å². The number of anilines is 1. The van der Waals surface area contributed by atoms with Crippen LogP contribution in [0.15, 0.2) is 66.7 Å². The van der Waals surface area contributed by atoms with E-state index in [4.69, 9.17) is 16.3 Å². The van der Waals surface area contributed by atoms with Crippen molar-refractivity contribution in [3.8, 4) is 0 Å². The fourth-order valence-electron chi connectivity index (χ4n) is 5.18. The Bertz CT molecular complexity index is 1440. The lowest BCUT2D eigenvalue weighted by molar-refractivity contribution is -0.147. The van der Waals surface area contributed by atoms with Crippen molar-refractivity contribution in [1.29, 1.82) is 0 Å². The highest BCUT2D eigenvalue weighted by Gasteiger charge is 2.43. The number of carbonyl (C=O) groups is 3. The summed E-state index contributed by atoms with van der Waals surface area (Å²) in [4.78, 5) is 44.0. The molecule has 8 heteroatoms. The van der Waals surface area contributed by atoms with Crippen LogP contribution in [0.1, 0.15) is 81.8 Å². The molecule has 0 spiro atoms. The van der Waals surface area contributed by atoms with E-state index in [9.17, 15) is 14.4 Å². The average Bonchev–Trinajstić information content (AvgIpc) is 2.91. The molecule has 2 unspecified atom stereocenters. The molecule has 0 aliphatic carbocycles. The van der Waals surface area contributed by atoms with E-state index in [1.165, 1.54) is 0 Å². The lowest BCUT2D eigenvalue weighted by Crippen LogP contribution is -2.59. The molecule has 0 aromatic heterocycles. The highest BCUT2D eigenvalue weighted by atomic mass is 35.5. The summed E-state index contributed by atoms with van der Waals surface area (Å²) in [7, 11) is 0. The number of nitrogens with one attached hydrogen (secondary N) is 2. The number of rotatable bonds is 10. The van der Waals surface area contributed by atoms with Crippen molar-refractivity contribution in [1.82, 2.24) is 10.2 Å². The number of amides is 3.